The zero-order valence-electron chi connectivity index (χ0n) is 8.32. The average Bonchev–Trinajstić information content (AvgIpc) is 2.71. The van der Waals surface area contributed by atoms with Gasteiger partial charge in [-0.05, 0) is 25.3 Å². The van der Waals surface area contributed by atoms with Gasteiger partial charge in [0.1, 0.15) is 6.73 Å². The molecule has 4 heteroatoms. The van der Waals surface area contributed by atoms with E-state index in [-0.39, 0.29) is 11.4 Å². The predicted octanol–water partition coefficient (Wildman–Crippen LogP) is 1.96. The van der Waals surface area contributed by atoms with Crippen LogP contribution >= 0.6 is 11.3 Å². The van der Waals surface area contributed by atoms with Crippen molar-refractivity contribution in [1.29, 1.82) is 0 Å². The monoisotopic (exact) mass is 211 g/mol. The predicted molar refractivity (Wildman–Crippen MR) is 55.4 cm³/mol. The van der Waals surface area contributed by atoms with Crippen LogP contribution in [0.5, 0.6) is 0 Å². The van der Waals surface area contributed by atoms with Gasteiger partial charge in [0.05, 0.1) is 17.0 Å². The van der Waals surface area contributed by atoms with Crippen molar-refractivity contribution in [3.05, 3.63) is 22.4 Å². The van der Waals surface area contributed by atoms with Crippen molar-refractivity contribution in [3.63, 3.8) is 0 Å². The topological polar surface area (TPSA) is 29.5 Å². The molecule has 76 valence electrons. The Morgan fingerprint density at radius 2 is 2.43 bits per heavy atom. The Kier molecular flexibility index (Phi) is 2.33. The van der Waals surface area contributed by atoms with Gasteiger partial charge < -0.3 is 9.64 Å². The summed E-state index contributed by atoms with van der Waals surface area (Å²) in [6.45, 7) is 5.06. The van der Waals surface area contributed by atoms with E-state index in [2.05, 4.69) is 0 Å². The van der Waals surface area contributed by atoms with Crippen molar-refractivity contribution < 1.29 is 9.53 Å². The van der Waals surface area contributed by atoms with Crippen LogP contribution in [0.15, 0.2) is 17.5 Å². The minimum absolute atomic E-state index is 0.0718. The standard InChI is InChI=1S/C10H13NO2S/c1-10(2)6-13-7-11(10)9(12)8-4-3-5-14-8/h3-5H,6-7H2,1-2H3. The fraction of sp³-hybridized carbons (Fsp3) is 0.500. The molecule has 1 saturated heterocycles. The van der Waals surface area contributed by atoms with Crippen LogP contribution in [0, 0.1) is 0 Å². The maximum absolute atomic E-state index is 12.0. The summed E-state index contributed by atoms with van der Waals surface area (Å²) in [5.41, 5.74) is -0.179. The molecule has 2 heterocycles. The summed E-state index contributed by atoms with van der Waals surface area (Å²) in [6, 6.07) is 3.74. The lowest BCUT2D eigenvalue weighted by Gasteiger charge is -2.28. The third kappa shape index (κ3) is 1.55. The van der Waals surface area contributed by atoms with Crippen LogP contribution in [0.2, 0.25) is 0 Å². The lowest BCUT2D eigenvalue weighted by molar-refractivity contribution is 0.0610. The fourth-order valence-electron chi connectivity index (χ4n) is 1.51. The molecule has 1 amide bonds. The third-order valence-electron chi connectivity index (χ3n) is 2.38. The van der Waals surface area contributed by atoms with Gasteiger partial charge in [-0.3, -0.25) is 4.79 Å². The van der Waals surface area contributed by atoms with E-state index in [0.29, 0.717) is 13.3 Å². The number of carbonyl (C=O) groups excluding carboxylic acids is 1. The number of thiophene rings is 1. The largest absolute Gasteiger partial charge is 0.359 e. The lowest BCUT2D eigenvalue weighted by atomic mass is 10.1. The van der Waals surface area contributed by atoms with E-state index >= 15 is 0 Å². The van der Waals surface area contributed by atoms with Gasteiger partial charge >= 0.3 is 0 Å². The maximum Gasteiger partial charge on any atom is 0.266 e. The number of rotatable bonds is 1. The molecule has 0 unspecified atom stereocenters. The SMILES string of the molecule is CC1(C)COCN1C(=O)c1cccs1. The van der Waals surface area contributed by atoms with Gasteiger partial charge in [-0.1, -0.05) is 6.07 Å². The molecule has 0 radical (unpaired) electrons. The molecule has 0 aliphatic carbocycles. The normalized spacial score (nSPS) is 20.0. The summed E-state index contributed by atoms with van der Waals surface area (Å²) in [5.74, 6) is 0.0718. The number of carbonyl (C=O) groups is 1. The third-order valence-corrected chi connectivity index (χ3v) is 3.24. The van der Waals surface area contributed by atoms with Crippen molar-refractivity contribution in [2.45, 2.75) is 19.4 Å². The second kappa shape index (κ2) is 3.37. The molecule has 2 rings (SSSR count). The van der Waals surface area contributed by atoms with Crippen LogP contribution in [-0.2, 0) is 4.74 Å². The Balaban J connectivity index is 2.20. The highest BCUT2D eigenvalue weighted by molar-refractivity contribution is 7.12. The van der Waals surface area contributed by atoms with Crippen molar-refractivity contribution >= 4 is 17.2 Å². The van der Waals surface area contributed by atoms with Gasteiger partial charge in [-0.15, -0.1) is 11.3 Å². The van der Waals surface area contributed by atoms with E-state index in [4.69, 9.17) is 4.74 Å². The van der Waals surface area contributed by atoms with Crippen LogP contribution in [-0.4, -0.2) is 29.7 Å². The van der Waals surface area contributed by atoms with Crippen LogP contribution in [0.1, 0.15) is 23.5 Å². The van der Waals surface area contributed by atoms with Gasteiger partial charge in [0.15, 0.2) is 0 Å². The number of amides is 1. The number of hydrogen-bond acceptors (Lipinski definition) is 3. The Morgan fingerprint density at radius 3 is 2.93 bits per heavy atom. The van der Waals surface area contributed by atoms with E-state index in [1.807, 2.05) is 31.4 Å². The average molecular weight is 211 g/mol. The highest BCUT2D eigenvalue weighted by Crippen LogP contribution is 2.25. The molecule has 0 N–H and O–H groups in total. The van der Waals surface area contributed by atoms with Crippen LogP contribution in [0.4, 0.5) is 0 Å². The van der Waals surface area contributed by atoms with Crippen LogP contribution in [0.25, 0.3) is 0 Å². The molecule has 1 aromatic rings. The van der Waals surface area contributed by atoms with E-state index in [1.165, 1.54) is 11.3 Å². The van der Waals surface area contributed by atoms with E-state index in [9.17, 15) is 4.79 Å². The van der Waals surface area contributed by atoms with Gasteiger partial charge in [0.25, 0.3) is 5.91 Å². The first-order valence-electron chi connectivity index (χ1n) is 4.54. The highest BCUT2D eigenvalue weighted by atomic mass is 32.1. The summed E-state index contributed by atoms with van der Waals surface area (Å²) in [6.07, 6.45) is 0. The van der Waals surface area contributed by atoms with Crippen molar-refractivity contribution in [2.24, 2.45) is 0 Å². The highest BCUT2D eigenvalue weighted by Gasteiger charge is 2.37. The molecular weight excluding hydrogens is 198 g/mol. The lowest BCUT2D eigenvalue weighted by Crippen LogP contribution is -2.43. The molecule has 1 aliphatic rings. The summed E-state index contributed by atoms with van der Waals surface area (Å²) in [7, 11) is 0. The first-order chi connectivity index (χ1) is 6.61. The van der Waals surface area contributed by atoms with Gasteiger partial charge in [-0.25, -0.2) is 0 Å². The van der Waals surface area contributed by atoms with Crippen LogP contribution in [0.3, 0.4) is 0 Å². The fourth-order valence-corrected chi connectivity index (χ4v) is 2.18. The van der Waals surface area contributed by atoms with Crippen LogP contribution < -0.4 is 0 Å². The number of hydrogen-bond donors (Lipinski definition) is 0. The zero-order valence-corrected chi connectivity index (χ0v) is 9.13. The Hall–Kier alpha value is -0.870. The number of ether oxygens (including phenoxy) is 1. The molecule has 0 saturated carbocycles. The maximum atomic E-state index is 12.0. The first-order valence-corrected chi connectivity index (χ1v) is 5.42. The number of nitrogens with zero attached hydrogens (tertiary/aromatic N) is 1. The van der Waals surface area contributed by atoms with Gasteiger partial charge in [0, 0.05) is 0 Å². The molecule has 1 aromatic heterocycles. The summed E-state index contributed by atoms with van der Waals surface area (Å²) in [5, 5.41) is 1.91. The first kappa shape index (κ1) is 9.68. The molecule has 14 heavy (non-hydrogen) atoms. The quantitative estimate of drug-likeness (QED) is 0.710. The molecule has 0 aromatic carbocycles. The molecule has 3 nitrogen and oxygen atoms in total. The van der Waals surface area contributed by atoms with Gasteiger partial charge in [0.2, 0.25) is 0 Å². The summed E-state index contributed by atoms with van der Waals surface area (Å²) < 4.78 is 5.30. The van der Waals surface area contributed by atoms with E-state index in [1.54, 1.807) is 4.90 Å². The molecule has 0 bridgehead atoms. The molecule has 1 fully saturated rings. The zero-order chi connectivity index (χ0) is 10.2. The summed E-state index contributed by atoms with van der Waals surface area (Å²) in [4.78, 5) is 14.5. The van der Waals surface area contributed by atoms with E-state index < -0.39 is 0 Å². The smallest absolute Gasteiger partial charge is 0.266 e. The molecule has 1 aliphatic heterocycles. The summed E-state index contributed by atoms with van der Waals surface area (Å²) >= 11 is 1.47. The van der Waals surface area contributed by atoms with Crippen molar-refractivity contribution in [1.82, 2.24) is 4.90 Å². The molecular formula is C10H13NO2S. The molecule has 0 spiro atoms. The molecule has 0 atom stereocenters. The Morgan fingerprint density at radius 1 is 1.64 bits per heavy atom. The second-order valence-corrected chi connectivity index (χ2v) is 4.95. The van der Waals surface area contributed by atoms with Crippen molar-refractivity contribution in [2.75, 3.05) is 13.3 Å². The minimum Gasteiger partial charge on any atom is -0.359 e. The Labute approximate surface area is 87.3 Å². The van der Waals surface area contributed by atoms with Crippen molar-refractivity contribution in [3.8, 4) is 0 Å². The Bertz CT molecular complexity index is 332. The van der Waals surface area contributed by atoms with E-state index in [0.717, 1.165) is 4.88 Å². The minimum atomic E-state index is -0.179. The second-order valence-electron chi connectivity index (χ2n) is 4.00. The van der Waals surface area contributed by atoms with Gasteiger partial charge in [-0.2, -0.15) is 0 Å².